The van der Waals surface area contributed by atoms with E-state index in [-0.39, 0.29) is 5.41 Å². The maximum Gasteiger partial charge on any atom is 0.0991 e. The van der Waals surface area contributed by atoms with Crippen LogP contribution in [-0.4, -0.2) is 4.40 Å². The number of hydrogen-bond acceptors (Lipinski definition) is 2. The van der Waals surface area contributed by atoms with Crippen LogP contribution in [0, 0.1) is 22.7 Å². The summed E-state index contributed by atoms with van der Waals surface area (Å²) in [6.45, 7) is 4.74. The highest BCUT2D eigenvalue weighted by molar-refractivity contribution is 6.30. The molecular formula is C49H29N3. The molecule has 0 saturated carbocycles. The molecule has 8 aromatic carbocycles. The Hall–Kier alpha value is -6.94. The monoisotopic (exact) mass is 659 g/mol. The summed E-state index contributed by atoms with van der Waals surface area (Å²) < 4.78 is 2.52. The van der Waals surface area contributed by atoms with Gasteiger partial charge in [0.25, 0.3) is 0 Å². The normalized spacial score (nSPS) is 13.3. The van der Waals surface area contributed by atoms with Crippen molar-refractivity contribution in [1.82, 2.24) is 4.40 Å². The molecule has 0 radical (unpaired) electrons. The van der Waals surface area contributed by atoms with Crippen LogP contribution >= 0.6 is 0 Å². The number of rotatable bonds is 2. The number of benzene rings is 8. The summed E-state index contributed by atoms with van der Waals surface area (Å²) in [7, 11) is 0. The number of fused-ring (bicyclic) bond motifs is 12. The summed E-state index contributed by atoms with van der Waals surface area (Å²) in [5, 5.41) is 28.6. The highest BCUT2D eigenvalue weighted by Gasteiger charge is 2.38. The summed E-state index contributed by atoms with van der Waals surface area (Å²) in [4.78, 5) is 0. The van der Waals surface area contributed by atoms with Gasteiger partial charge in [-0.2, -0.15) is 10.5 Å². The van der Waals surface area contributed by atoms with Gasteiger partial charge in [0.2, 0.25) is 0 Å². The minimum absolute atomic E-state index is 0.146. The van der Waals surface area contributed by atoms with E-state index >= 15 is 0 Å². The smallest absolute Gasteiger partial charge is 0.0991 e. The molecule has 0 bridgehead atoms. The number of nitrogens with zero attached hydrogens (tertiary/aromatic N) is 3. The molecule has 2 heterocycles. The summed E-state index contributed by atoms with van der Waals surface area (Å²) in [6, 6.07) is 54.6. The van der Waals surface area contributed by atoms with Crippen molar-refractivity contribution >= 4 is 59.6 Å². The van der Waals surface area contributed by atoms with Crippen molar-refractivity contribution in [3.05, 3.63) is 162 Å². The molecule has 10 aromatic rings. The Kier molecular flexibility index (Phi) is 5.59. The molecule has 3 nitrogen and oxygen atoms in total. The predicted molar refractivity (Wildman–Crippen MR) is 214 cm³/mol. The standard InChI is InChI=1S/C49H29N3/c1-49(2)42-6-4-3-5-38(42)46-43(49)25-40-39-21-36-19-32(30-11-7-28(26-50)8-12-30)15-17-34(36)23-44(39)52-45-24-35-18-16-33(31-13-9-29(27-51)10-14-31)20-37(35)22-41(45)47(46)48(40)52/h3-25H,1-2H3. The molecule has 0 atom stereocenters. The molecule has 0 fully saturated rings. The van der Waals surface area contributed by atoms with Crippen LogP contribution in [0.4, 0.5) is 0 Å². The summed E-state index contributed by atoms with van der Waals surface area (Å²) in [6.07, 6.45) is 0. The van der Waals surface area contributed by atoms with Crippen LogP contribution in [0.15, 0.2) is 140 Å². The lowest BCUT2D eigenvalue weighted by molar-refractivity contribution is 0.661. The van der Waals surface area contributed by atoms with Gasteiger partial charge in [-0.15, -0.1) is 0 Å². The van der Waals surface area contributed by atoms with Gasteiger partial charge < -0.3 is 4.40 Å². The van der Waals surface area contributed by atoms with Gasteiger partial charge in [-0.1, -0.05) is 86.6 Å². The molecule has 1 aliphatic carbocycles. The van der Waals surface area contributed by atoms with Gasteiger partial charge >= 0.3 is 0 Å². The molecule has 0 spiro atoms. The molecule has 52 heavy (non-hydrogen) atoms. The minimum atomic E-state index is -0.146. The van der Waals surface area contributed by atoms with E-state index < -0.39 is 0 Å². The molecule has 1 aliphatic rings. The molecule has 0 amide bonds. The SMILES string of the molecule is CC1(C)c2ccccc2-c2c1cc1c3cc4cc(-c5ccc(C#N)cc5)ccc4cc3n3c4cc5ccc(-c6ccc(C#N)cc6)cc5cc4c2c13. The molecule has 0 saturated heterocycles. The largest absolute Gasteiger partial charge is 0.308 e. The summed E-state index contributed by atoms with van der Waals surface area (Å²) in [5.41, 5.74) is 14.8. The van der Waals surface area contributed by atoms with E-state index in [4.69, 9.17) is 0 Å². The van der Waals surface area contributed by atoms with Crippen molar-refractivity contribution in [2.24, 2.45) is 0 Å². The minimum Gasteiger partial charge on any atom is -0.308 e. The van der Waals surface area contributed by atoms with E-state index in [1.807, 2.05) is 48.5 Å². The molecule has 0 aliphatic heterocycles. The van der Waals surface area contributed by atoms with Crippen LogP contribution in [0.25, 0.3) is 93.0 Å². The van der Waals surface area contributed by atoms with Crippen LogP contribution in [0.1, 0.15) is 36.1 Å². The number of nitriles is 2. The van der Waals surface area contributed by atoms with Gasteiger partial charge in [-0.25, -0.2) is 0 Å². The average molecular weight is 660 g/mol. The molecule has 2 aromatic heterocycles. The van der Waals surface area contributed by atoms with Crippen molar-refractivity contribution in [1.29, 1.82) is 10.5 Å². The maximum absolute atomic E-state index is 9.34. The van der Waals surface area contributed by atoms with Crippen LogP contribution in [0.2, 0.25) is 0 Å². The maximum atomic E-state index is 9.34. The third-order valence-corrected chi connectivity index (χ3v) is 11.7. The Morgan fingerprint density at radius 2 is 1.02 bits per heavy atom. The van der Waals surface area contributed by atoms with Gasteiger partial charge in [0.15, 0.2) is 0 Å². The van der Waals surface area contributed by atoms with Gasteiger partial charge in [0.05, 0.1) is 39.8 Å². The van der Waals surface area contributed by atoms with Crippen LogP contribution in [-0.2, 0) is 5.41 Å². The Morgan fingerprint density at radius 3 is 1.62 bits per heavy atom. The van der Waals surface area contributed by atoms with Crippen LogP contribution in [0.5, 0.6) is 0 Å². The summed E-state index contributed by atoms with van der Waals surface area (Å²) >= 11 is 0. The Balaban J connectivity index is 1.24. The van der Waals surface area contributed by atoms with Crippen molar-refractivity contribution in [3.8, 4) is 45.5 Å². The molecule has 0 unspecified atom stereocenters. The second-order valence-corrected chi connectivity index (χ2v) is 14.8. The fraction of sp³-hybridized carbons (Fsp3) is 0.0612. The zero-order valence-corrected chi connectivity index (χ0v) is 28.6. The van der Waals surface area contributed by atoms with E-state index in [2.05, 4.69) is 121 Å². The van der Waals surface area contributed by atoms with Crippen LogP contribution < -0.4 is 0 Å². The third-order valence-electron chi connectivity index (χ3n) is 11.7. The van der Waals surface area contributed by atoms with E-state index in [0.717, 1.165) is 22.3 Å². The molecule has 11 rings (SSSR count). The fourth-order valence-corrected chi connectivity index (χ4v) is 9.10. The van der Waals surface area contributed by atoms with E-state index in [1.165, 1.54) is 81.9 Å². The topological polar surface area (TPSA) is 52.0 Å². The van der Waals surface area contributed by atoms with Crippen molar-refractivity contribution in [2.75, 3.05) is 0 Å². The van der Waals surface area contributed by atoms with Crippen molar-refractivity contribution < 1.29 is 0 Å². The number of hydrogen-bond donors (Lipinski definition) is 0. The molecule has 0 N–H and O–H groups in total. The zero-order valence-electron chi connectivity index (χ0n) is 28.6. The quantitative estimate of drug-likeness (QED) is 0.185. The Labute approximate surface area is 300 Å². The lowest BCUT2D eigenvalue weighted by Crippen LogP contribution is -2.14. The van der Waals surface area contributed by atoms with Gasteiger partial charge in [0, 0.05) is 27.0 Å². The van der Waals surface area contributed by atoms with Crippen LogP contribution in [0.3, 0.4) is 0 Å². The average Bonchev–Trinajstić information content (AvgIpc) is 3.77. The van der Waals surface area contributed by atoms with Gasteiger partial charge in [-0.05, 0) is 133 Å². The highest BCUT2D eigenvalue weighted by Crippen LogP contribution is 2.55. The zero-order chi connectivity index (χ0) is 34.9. The highest BCUT2D eigenvalue weighted by atomic mass is 14.9. The van der Waals surface area contributed by atoms with E-state index in [1.54, 1.807) is 0 Å². The van der Waals surface area contributed by atoms with Crippen molar-refractivity contribution in [3.63, 3.8) is 0 Å². The third kappa shape index (κ3) is 3.77. The lowest BCUT2D eigenvalue weighted by Gasteiger charge is -2.21. The second kappa shape index (κ2) is 10.1. The summed E-state index contributed by atoms with van der Waals surface area (Å²) in [5.74, 6) is 0. The first-order valence-corrected chi connectivity index (χ1v) is 17.7. The van der Waals surface area contributed by atoms with E-state index in [9.17, 15) is 10.5 Å². The molecule has 3 heteroatoms. The van der Waals surface area contributed by atoms with E-state index in [0.29, 0.717) is 11.1 Å². The molecular weight excluding hydrogens is 631 g/mol. The first-order valence-electron chi connectivity index (χ1n) is 17.7. The van der Waals surface area contributed by atoms with Gasteiger partial charge in [-0.3, -0.25) is 0 Å². The Morgan fingerprint density at radius 1 is 0.481 bits per heavy atom. The Bertz CT molecular complexity index is 3250. The lowest BCUT2D eigenvalue weighted by atomic mass is 9.81. The first-order chi connectivity index (χ1) is 25.4. The second-order valence-electron chi connectivity index (χ2n) is 14.8. The number of aromatic nitrogens is 1. The van der Waals surface area contributed by atoms with Crippen molar-refractivity contribution in [2.45, 2.75) is 19.3 Å². The first kappa shape index (κ1) is 28.9. The van der Waals surface area contributed by atoms with Gasteiger partial charge in [0.1, 0.15) is 0 Å². The fourth-order valence-electron chi connectivity index (χ4n) is 9.10. The predicted octanol–water partition coefficient (Wildman–Crippen LogP) is 12.5. The molecule has 240 valence electrons.